The smallest absolute Gasteiger partial charge is 0.264 e. The monoisotopic (exact) mass is 358 g/mol. The molecule has 6 nitrogen and oxygen atoms in total. The van der Waals surface area contributed by atoms with Crippen LogP contribution in [0.15, 0.2) is 30.4 Å². The topological polar surface area (TPSA) is 81.1 Å². The number of aliphatic hydroxyl groups excluding tert-OH is 1. The number of carbonyl (C=O) groups is 2. The molecule has 2 amide bonds. The van der Waals surface area contributed by atoms with Gasteiger partial charge in [-0.3, -0.25) is 9.59 Å². The van der Waals surface area contributed by atoms with Crippen molar-refractivity contribution in [2.24, 2.45) is 5.92 Å². The molecule has 0 aromatic heterocycles. The van der Waals surface area contributed by atoms with Gasteiger partial charge in [0.05, 0.1) is 5.69 Å². The lowest BCUT2D eigenvalue weighted by atomic mass is 9.82. The van der Waals surface area contributed by atoms with Crippen molar-refractivity contribution in [3.63, 3.8) is 0 Å². The number of anilines is 2. The van der Waals surface area contributed by atoms with Crippen LogP contribution in [0.2, 0.25) is 0 Å². The third-order valence-electron chi connectivity index (χ3n) is 5.40. The lowest BCUT2D eigenvalue weighted by Gasteiger charge is -2.29. The third-order valence-corrected chi connectivity index (χ3v) is 5.40. The first kappa shape index (κ1) is 18.6. The van der Waals surface area contributed by atoms with Crippen LogP contribution in [0.25, 0.3) is 0 Å². The minimum Gasteiger partial charge on any atom is -0.396 e. The van der Waals surface area contributed by atoms with Crippen LogP contribution >= 0.6 is 0 Å². The van der Waals surface area contributed by atoms with Gasteiger partial charge in [-0.15, -0.1) is 0 Å². The summed E-state index contributed by atoms with van der Waals surface area (Å²) in [5.41, 5.74) is 0.238. The van der Waals surface area contributed by atoms with Crippen LogP contribution in [0, 0.1) is 5.92 Å². The standard InChI is InChI=1S/C20H26N2O4/c1-14(7-4-6-12-23)20(26)16-13-15(22-11-5-3-8-18(22)24)9-10-17(16)21(2)19(20)25/h4,7,9-10,13-14,23,26H,3,5-6,8,11-12H2,1-2H3/b7-4+/t14-,20+/m1/s1. The zero-order chi connectivity index (χ0) is 18.9. The molecule has 140 valence electrons. The number of hydrogen-bond donors (Lipinski definition) is 2. The second-order valence-corrected chi connectivity index (χ2v) is 7.06. The van der Waals surface area contributed by atoms with Gasteiger partial charge >= 0.3 is 0 Å². The van der Waals surface area contributed by atoms with Crippen LogP contribution in [0.3, 0.4) is 0 Å². The Hall–Kier alpha value is -2.18. The molecule has 26 heavy (non-hydrogen) atoms. The van der Waals surface area contributed by atoms with Gasteiger partial charge in [0.1, 0.15) is 0 Å². The second-order valence-electron chi connectivity index (χ2n) is 7.06. The van der Waals surface area contributed by atoms with Crippen LogP contribution in [0.4, 0.5) is 11.4 Å². The summed E-state index contributed by atoms with van der Waals surface area (Å²) in [4.78, 5) is 28.3. The minimum atomic E-state index is -1.68. The van der Waals surface area contributed by atoms with Crippen LogP contribution in [0.1, 0.15) is 38.2 Å². The maximum absolute atomic E-state index is 12.8. The molecule has 0 spiro atoms. The summed E-state index contributed by atoms with van der Waals surface area (Å²) in [6.07, 6.45) is 6.38. The van der Waals surface area contributed by atoms with Crippen molar-refractivity contribution in [3.8, 4) is 0 Å². The Labute approximate surface area is 153 Å². The van der Waals surface area contributed by atoms with Crippen molar-refractivity contribution in [3.05, 3.63) is 35.9 Å². The van der Waals surface area contributed by atoms with Crippen LogP contribution in [-0.2, 0) is 15.2 Å². The zero-order valence-corrected chi connectivity index (χ0v) is 15.3. The second kappa shape index (κ2) is 7.21. The Morgan fingerprint density at radius 3 is 2.77 bits per heavy atom. The molecule has 1 saturated heterocycles. The first-order valence-corrected chi connectivity index (χ1v) is 9.14. The number of nitrogens with zero attached hydrogens (tertiary/aromatic N) is 2. The van der Waals surface area contributed by atoms with Gasteiger partial charge in [-0.1, -0.05) is 19.1 Å². The van der Waals surface area contributed by atoms with Crippen LogP contribution in [-0.4, -0.2) is 42.2 Å². The van der Waals surface area contributed by atoms with E-state index in [0.717, 1.165) is 18.5 Å². The van der Waals surface area contributed by atoms with E-state index in [9.17, 15) is 14.7 Å². The van der Waals surface area contributed by atoms with E-state index in [0.29, 0.717) is 30.6 Å². The average molecular weight is 358 g/mol. The molecule has 3 rings (SSSR count). The Bertz CT molecular complexity index is 745. The largest absolute Gasteiger partial charge is 0.396 e. The van der Waals surface area contributed by atoms with Gasteiger partial charge in [-0.2, -0.15) is 0 Å². The highest BCUT2D eigenvalue weighted by molar-refractivity contribution is 6.07. The molecule has 2 heterocycles. The van der Waals surface area contributed by atoms with Crippen molar-refractivity contribution >= 4 is 23.2 Å². The molecule has 0 bridgehead atoms. The Kier molecular flexibility index (Phi) is 5.16. The van der Waals surface area contributed by atoms with E-state index in [4.69, 9.17) is 5.11 Å². The maximum Gasteiger partial charge on any atom is 0.264 e. The van der Waals surface area contributed by atoms with Crippen molar-refractivity contribution < 1.29 is 19.8 Å². The number of rotatable bonds is 5. The SMILES string of the molecule is C[C@H](/C=C/CCO)[C@@]1(O)C(=O)N(C)c2ccc(N3CCCCC3=O)cc21. The first-order valence-electron chi connectivity index (χ1n) is 9.14. The molecule has 2 aliphatic heterocycles. The molecule has 1 fully saturated rings. The number of likely N-dealkylation sites (N-methyl/N-ethyl adjacent to an activating group) is 1. The maximum atomic E-state index is 12.8. The summed E-state index contributed by atoms with van der Waals surface area (Å²) in [7, 11) is 1.65. The van der Waals surface area contributed by atoms with Gasteiger partial charge in [0.25, 0.3) is 5.91 Å². The number of amides is 2. The highest BCUT2D eigenvalue weighted by Crippen LogP contribution is 2.46. The normalized spacial score (nSPS) is 24.5. The molecule has 0 radical (unpaired) electrons. The Balaban J connectivity index is 2.01. The highest BCUT2D eigenvalue weighted by atomic mass is 16.3. The molecule has 0 unspecified atom stereocenters. The number of aliphatic hydroxyl groups is 2. The van der Waals surface area contributed by atoms with E-state index in [-0.39, 0.29) is 18.4 Å². The van der Waals surface area contributed by atoms with Crippen molar-refractivity contribution in [1.82, 2.24) is 0 Å². The Morgan fingerprint density at radius 2 is 2.08 bits per heavy atom. The van der Waals surface area contributed by atoms with E-state index in [2.05, 4.69) is 0 Å². The van der Waals surface area contributed by atoms with Crippen LogP contribution < -0.4 is 9.80 Å². The number of piperidine rings is 1. The highest BCUT2D eigenvalue weighted by Gasteiger charge is 2.51. The number of fused-ring (bicyclic) bond motifs is 1. The fourth-order valence-electron chi connectivity index (χ4n) is 3.80. The van der Waals surface area contributed by atoms with Gasteiger partial charge in [-0.05, 0) is 37.5 Å². The third kappa shape index (κ3) is 2.93. The van der Waals surface area contributed by atoms with Crippen LogP contribution in [0.5, 0.6) is 0 Å². The fourth-order valence-corrected chi connectivity index (χ4v) is 3.80. The van der Waals surface area contributed by atoms with Crippen molar-refractivity contribution in [1.29, 1.82) is 0 Å². The molecular weight excluding hydrogens is 332 g/mol. The number of carbonyl (C=O) groups excluding carboxylic acids is 2. The van der Waals surface area contributed by atoms with Gasteiger partial charge in [-0.25, -0.2) is 0 Å². The molecule has 6 heteroatoms. The molecule has 2 aliphatic rings. The van der Waals surface area contributed by atoms with E-state index >= 15 is 0 Å². The molecule has 1 aromatic rings. The quantitative estimate of drug-likeness (QED) is 0.788. The molecule has 1 aromatic carbocycles. The average Bonchev–Trinajstić information content (AvgIpc) is 2.84. The molecular formula is C20H26N2O4. The lowest BCUT2D eigenvalue weighted by Crippen LogP contribution is -2.43. The lowest BCUT2D eigenvalue weighted by molar-refractivity contribution is -0.139. The number of hydrogen-bond acceptors (Lipinski definition) is 4. The van der Waals surface area contributed by atoms with Gasteiger partial charge < -0.3 is 20.0 Å². The first-order chi connectivity index (χ1) is 12.4. The summed E-state index contributed by atoms with van der Waals surface area (Å²) < 4.78 is 0. The van der Waals surface area contributed by atoms with Crippen molar-refractivity contribution in [2.45, 2.75) is 38.2 Å². The number of benzene rings is 1. The van der Waals surface area contributed by atoms with Gasteiger partial charge in [0.2, 0.25) is 5.91 Å². The summed E-state index contributed by atoms with van der Waals surface area (Å²) in [6, 6.07) is 5.41. The molecule has 2 atom stereocenters. The van der Waals surface area contributed by atoms with E-state index in [1.807, 2.05) is 6.07 Å². The van der Waals surface area contributed by atoms with Gasteiger partial charge in [0, 0.05) is 43.8 Å². The molecule has 0 saturated carbocycles. The molecule has 2 N–H and O–H groups in total. The predicted octanol–water partition coefficient (Wildman–Crippen LogP) is 1.94. The van der Waals surface area contributed by atoms with E-state index < -0.39 is 11.5 Å². The van der Waals surface area contributed by atoms with E-state index in [1.165, 1.54) is 4.90 Å². The summed E-state index contributed by atoms with van der Waals surface area (Å²) in [6.45, 7) is 2.46. The summed E-state index contributed by atoms with van der Waals surface area (Å²) in [5.74, 6) is -0.762. The van der Waals surface area contributed by atoms with Gasteiger partial charge in [0.15, 0.2) is 5.60 Å². The zero-order valence-electron chi connectivity index (χ0n) is 15.3. The summed E-state index contributed by atoms with van der Waals surface area (Å²) >= 11 is 0. The predicted molar refractivity (Wildman–Crippen MR) is 100.0 cm³/mol. The Morgan fingerprint density at radius 1 is 1.31 bits per heavy atom. The van der Waals surface area contributed by atoms with Crippen molar-refractivity contribution in [2.75, 3.05) is 30.0 Å². The fraction of sp³-hybridized carbons (Fsp3) is 0.500. The summed E-state index contributed by atoms with van der Waals surface area (Å²) in [5, 5.41) is 20.3. The molecule has 0 aliphatic carbocycles. The minimum absolute atomic E-state index is 0.0211. The van der Waals surface area contributed by atoms with E-state index in [1.54, 1.807) is 43.2 Å².